The number of nitrogens with zero attached hydrogens (tertiary/aromatic N) is 4. The van der Waals surface area contributed by atoms with E-state index < -0.39 is 0 Å². The van der Waals surface area contributed by atoms with Crippen LogP contribution in [-0.4, -0.2) is 26.5 Å². The molecule has 2 heterocycles. The summed E-state index contributed by atoms with van der Waals surface area (Å²) in [6.07, 6.45) is 1.02. The van der Waals surface area contributed by atoms with Gasteiger partial charge in [-0.3, -0.25) is 4.68 Å². The monoisotopic (exact) mass is 293 g/mol. The lowest BCUT2D eigenvalue weighted by molar-refractivity contribution is 0.573. The minimum atomic E-state index is 0.0707. The fraction of sp³-hybridized carbons (Fsp3) is 0.643. The van der Waals surface area contributed by atoms with Crippen LogP contribution >= 0.6 is 11.3 Å². The lowest BCUT2D eigenvalue weighted by atomic mass is 9.98. The molecule has 0 unspecified atom stereocenters. The molecule has 0 saturated carbocycles. The van der Waals surface area contributed by atoms with Crippen LogP contribution in [0.15, 0.2) is 6.07 Å². The number of nitrogens with one attached hydrogen (secondary N) is 1. The molecular weight excluding hydrogens is 270 g/mol. The number of anilines is 1. The predicted octanol–water partition coefficient (Wildman–Crippen LogP) is 3.15. The van der Waals surface area contributed by atoms with Crippen LogP contribution in [0.4, 0.5) is 5.13 Å². The van der Waals surface area contributed by atoms with Gasteiger partial charge in [0.05, 0.1) is 5.69 Å². The van der Waals surface area contributed by atoms with Crippen molar-refractivity contribution in [1.29, 1.82) is 0 Å². The summed E-state index contributed by atoms with van der Waals surface area (Å²) in [5, 5.41) is 18.2. The Labute approximate surface area is 124 Å². The zero-order chi connectivity index (χ0) is 14.8. The van der Waals surface area contributed by atoms with E-state index >= 15 is 0 Å². The maximum absolute atomic E-state index is 4.45. The molecule has 0 aliphatic rings. The van der Waals surface area contributed by atoms with Crippen LogP contribution in [0.25, 0.3) is 0 Å². The minimum absolute atomic E-state index is 0.0707. The standard InChI is InChI=1S/C14H23N5S/c1-10-9-11(2)19(18-10)8-6-7-15-13-17-16-12(20-13)14(3,4)5/h9H,6-8H2,1-5H3,(H,15,17). The number of rotatable bonds is 5. The van der Waals surface area contributed by atoms with Gasteiger partial charge in [-0.1, -0.05) is 32.1 Å². The second-order valence-electron chi connectivity index (χ2n) is 6.09. The minimum Gasteiger partial charge on any atom is -0.360 e. The molecule has 110 valence electrons. The highest BCUT2D eigenvalue weighted by atomic mass is 32.1. The third-order valence-electron chi connectivity index (χ3n) is 2.99. The molecular formula is C14H23N5S. The first-order chi connectivity index (χ1) is 9.36. The van der Waals surface area contributed by atoms with Crippen molar-refractivity contribution >= 4 is 16.5 Å². The van der Waals surface area contributed by atoms with Crippen LogP contribution in [0.5, 0.6) is 0 Å². The van der Waals surface area contributed by atoms with E-state index in [-0.39, 0.29) is 5.41 Å². The highest BCUT2D eigenvalue weighted by Gasteiger charge is 2.19. The lowest BCUT2D eigenvalue weighted by Crippen LogP contribution is -2.10. The van der Waals surface area contributed by atoms with E-state index in [2.05, 4.69) is 59.1 Å². The van der Waals surface area contributed by atoms with Gasteiger partial charge in [-0.25, -0.2) is 0 Å². The molecule has 0 aliphatic carbocycles. The number of hydrogen-bond donors (Lipinski definition) is 1. The summed E-state index contributed by atoms with van der Waals surface area (Å²) in [5.74, 6) is 0. The average molecular weight is 293 g/mol. The number of hydrogen-bond acceptors (Lipinski definition) is 5. The Hall–Kier alpha value is -1.43. The van der Waals surface area contributed by atoms with Crippen molar-refractivity contribution in [3.63, 3.8) is 0 Å². The van der Waals surface area contributed by atoms with Crippen molar-refractivity contribution in [2.24, 2.45) is 0 Å². The lowest BCUT2D eigenvalue weighted by Gasteiger charge is -2.12. The van der Waals surface area contributed by atoms with Crippen LogP contribution < -0.4 is 5.32 Å². The van der Waals surface area contributed by atoms with Crippen LogP contribution in [-0.2, 0) is 12.0 Å². The molecule has 2 aromatic rings. The summed E-state index contributed by atoms with van der Waals surface area (Å²) in [6, 6.07) is 2.10. The van der Waals surface area contributed by atoms with E-state index in [1.54, 1.807) is 11.3 Å². The van der Waals surface area contributed by atoms with Crippen molar-refractivity contribution in [3.05, 3.63) is 22.5 Å². The van der Waals surface area contributed by atoms with Crippen molar-refractivity contribution in [2.45, 2.75) is 53.0 Å². The Bertz CT molecular complexity index is 564. The normalized spacial score (nSPS) is 11.8. The summed E-state index contributed by atoms with van der Waals surface area (Å²) >= 11 is 1.64. The van der Waals surface area contributed by atoms with Crippen LogP contribution in [0.1, 0.15) is 43.6 Å². The Morgan fingerprint density at radius 2 is 2.00 bits per heavy atom. The fourth-order valence-corrected chi connectivity index (χ4v) is 2.75. The Morgan fingerprint density at radius 3 is 2.55 bits per heavy atom. The molecule has 6 heteroatoms. The maximum Gasteiger partial charge on any atom is 0.205 e. The maximum atomic E-state index is 4.45. The fourth-order valence-electron chi connectivity index (χ4n) is 1.92. The number of aryl methyl sites for hydroxylation is 3. The molecule has 0 radical (unpaired) electrons. The molecule has 0 atom stereocenters. The molecule has 20 heavy (non-hydrogen) atoms. The predicted molar refractivity (Wildman–Crippen MR) is 83.4 cm³/mol. The molecule has 0 aliphatic heterocycles. The Kier molecular flexibility index (Phi) is 4.42. The van der Waals surface area contributed by atoms with Gasteiger partial charge in [-0.05, 0) is 26.3 Å². The van der Waals surface area contributed by atoms with E-state index in [4.69, 9.17) is 0 Å². The second kappa shape index (κ2) is 5.91. The molecule has 0 fully saturated rings. The number of aromatic nitrogens is 4. The molecule has 0 bridgehead atoms. The summed E-state index contributed by atoms with van der Waals surface area (Å²) in [4.78, 5) is 0. The smallest absolute Gasteiger partial charge is 0.205 e. The van der Waals surface area contributed by atoms with Gasteiger partial charge in [0.15, 0.2) is 0 Å². The Balaban J connectivity index is 1.79. The van der Waals surface area contributed by atoms with E-state index in [1.165, 1.54) is 5.69 Å². The zero-order valence-corrected chi connectivity index (χ0v) is 13.7. The molecule has 2 aromatic heterocycles. The first-order valence-corrected chi connectivity index (χ1v) is 7.77. The molecule has 2 rings (SSSR count). The van der Waals surface area contributed by atoms with Gasteiger partial charge in [0.1, 0.15) is 5.01 Å². The SMILES string of the molecule is Cc1cc(C)n(CCCNc2nnc(C(C)(C)C)s2)n1. The summed E-state index contributed by atoms with van der Waals surface area (Å²) in [6.45, 7) is 12.4. The van der Waals surface area contributed by atoms with Crippen LogP contribution in [0.3, 0.4) is 0 Å². The first kappa shape index (κ1) is 15.0. The molecule has 5 nitrogen and oxygen atoms in total. The van der Waals surface area contributed by atoms with Crippen molar-refractivity contribution in [1.82, 2.24) is 20.0 Å². The van der Waals surface area contributed by atoms with Gasteiger partial charge in [0, 0.05) is 24.2 Å². The van der Waals surface area contributed by atoms with Crippen LogP contribution in [0, 0.1) is 13.8 Å². The molecule has 0 aromatic carbocycles. The molecule has 0 amide bonds. The third-order valence-corrected chi connectivity index (χ3v) is 4.30. The van der Waals surface area contributed by atoms with E-state index in [0.29, 0.717) is 0 Å². The topological polar surface area (TPSA) is 55.6 Å². The van der Waals surface area contributed by atoms with E-state index in [9.17, 15) is 0 Å². The highest BCUT2D eigenvalue weighted by molar-refractivity contribution is 7.15. The van der Waals surface area contributed by atoms with Gasteiger partial charge in [-0.2, -0.15) is 5.10 Å². The van der Waals surface area contributed by atoms with E-state index in [0.717, 1.165) is 35.3 Å². The molecule has 0 spiro atoms. The highest BCUT2D eigenvalue weighted by Crippen LogP contribution is 2.27. The summed E-state index contributed by atoms with van der Waals surface area (Å²) in [5.41, 5.74) is 2.37. The summed E-state index contributed by atoms with van der Waals surface area (Å²) in [7, 11) is 0. The molecule has 0 saturated heterocycles. The quantitative estimate of drug-likeness (QED) is 0.860. The van der Waals surface area contributed by atoms with Crippen molar-refractivity contribution in [2.75, 3.05) is 11.9 Å². The third kappa shape index (κ3) is 3.79. The van der Waals surface area contributed by atoms with Gasteiger partial charge in [0.2, 0.25) is 5.13 Å². The van der Waals surface area contributed by atoms with Crippen LogP contribution in [0.2, 0.25) is 0 Å². The Morgan fingerprint density at radius 1 is 1.25 bits per heavy atom. The van der Waals surface area contributed by atoms with E-state index in [1.807, 2.05) is 6.92 Å². The van der Waals surface area contributed by atoms with Gasteiger partial charge < -0.3 is 5.32 Å². The summed E-state index contributed by atoms with van der Waals surface area (Å²) < 4.78 is 2.05. The zero-order valence-electron chi connectivity index (χ0n) is 12.9. The van der Waals surface area contributed by atoms with Crippen molar-refractivity contribution < 1.29 is 0 Å². The largest absolute Gasteiger partial charge is 0.360 e. The van der Waals surface area contributed by atoms with Gasteiger partial charge in [-0.15, -0.1) is 10.2 Å². The van der Waals surface area contributed by atoms with Gasteiger partial charge >= 0.3 is 0 Å². The van der Waals surface area contributed by atoms with Crippen molar-refractivity contribution in [3.8, 4) is 0 Å². The average Bonchev–Trinajstić information content (AvgIpc) is 2.91. The first-order valence-electron chi connectivity index (χ1n) is 6.95. The van der Waals surface area contributed by atoms with Gasteiger partial charge in [0.25, 0.3) is 0 Å². The molecule has 1 N–H and O–H groups in total. The second-order valence-corrected chi connectivity index (χ2v) is 7.07.